The molecule has 0 radical (unpaired) electrons. The van der Waals surface area contributed by atoms with E-state index in [2.05, 4.69) is 199 Å². The van der Waals surface area contributed by atoms with Crippen molar-refractivity contribution in [3.8, 4) is 0 Å². The summed E-state index contributed by atoms with van der Waals surface area (Å²) in [7, 11) is 13.3. The van der Waals surface area contributed by atoms with Crippen LogP contribution in [-0.4, -0.2) is 83.4 Å². The molecule has 0 atom stereocenters. The highest BCUT2D eigenvalue weighted by atomic mass is 33.1. The van der Waals surface area contributed by atoms with Gasteiger partial charge in [-0.15, -0.1) is 0 Å². The van der Waals surface area contributed by atoms with Crippen LogP contribution in [0.4, 0.5) is 11.4 Å². The Bertz CT molecular complexity index is 1690. The fraction of sp³-hybridized carbons (Fsp3) is 0.435. The first-order chi connectivity index (χ1) is 26.3. The highest BCUT2D eigenvalue weighted by Gasteiger charge is 2.15. The highest BCUT2D eigenvalue weighted by molar-refractivity contribution is 8.76. The van der Waals surface area contributed by atoms with E-state index in [1.165, 1.54) is 77.7 Å². The number of nitrogens with one attached hydrogen (secondary N) is 1. The first-order valence-corrected chi connectivity index (χ1v) is 22.5. The van der Waals surface area contributed by atoms with Gasteiger partial charge in [0.25, 0.3) is 0 Å². The summed E-state index contributed by atoms with van der Waals surface area (Å²) < 4.78 is 5.60. The molecule has 0 spiro atoms. The summed E-state index contributed by atoms with van der Waals surface area (Å²) in [6.45, 7) is 13.1. The Morgan fingerprint density at radius 1 is 0.574 bits per heavy atom. The van der Waals surface area contributed by atoms with Crippen LogP contribution in [0.1, 0.15) is 62.0 Å². The lowest BCUT2D eigenvalue weighted by Crippen LogP contribution is -2.42. The van der Waals surface area contributed by atoms with Crippen LogP contribution in [0.15, 0.2) is 97.3 Å². The first-order valence-electron chi connectivity index (χ1n) is 20.0. The number of hydrogen-bond donors (Lipinski definition) is 1. The highest BCUT2D eigenvalue weighted by Crippen LogP contribution is 2.23. The Morgan fingerprint density at radius 2 is 1.04 bits per heavy atom. The molecule has 0 aliphatic carbocycles. The molecule has 0 amide bonds. The quantitative estimate of drug-likeness (QED) is 0.0315. The molecule has 290 valence electrons. The molecule has 8 heteroatoms. The average Bonchev–Trinajstić information content (AvgIpc) is 3.20. The van der Waals surface area contributed by atoms with Gasteiger partial charge in [-0.1, -0.05) is 45.9 Å². The number of anilines is 2. The van der Waals surface area contributed by atoms with Crippen molar-refractivity contribution in [3.63, 3.8) is 0 Å². The maximum Gasteiger partial charge on any atom is 0.205 e. The molecule has 4 aromatic rings. The Hall–Kier alpha value is -3.56. The van der Waals surface area contributed by atoms with Crippen molar-refractivity contribution in [3.05, 3.63) is 120 Å². The van der Waals surface area contributed by atoms with Gasteiger partial charge in [0.2, 0.25) is 11.4 Å². The third kappa shape index (κ3) is 15.7. The monoisotopic (exact) mass is 767 g/mol. The van der Waals surface area contributed by atoms with Gasteiger partial charge in [0.1, 0.15) is 13.1 Å². The summed E-state index contributed by atoms with van der Waals surface area (Å²) in [5.74, 6) is 2.45. The molecule has 4 rings (SSSR count). The lowest BCUT2D eigenvalue weighted by atomic mass is 10.1. The summed E-state index contributed by atoms with van der Waals surface area (Å²) in [4.78, 5) is 4.75. The fourth-order valence-corrected chi connectivity index (χ4v) is 8.66. The normalized spacial score (nSPS) is 11.9. The zero-order valence-corrected chi connectivity index (χ0v) is 35.6. The van der Waals surface area contributed by atoms with Crippen LogP contribution in [0.5, 0.6) is 0 Å². The van der Waals surface area contributed by atoms with E-state index in [0.717, 1.165) is 50.2 Å². The molecule has 0 bridgehead atoms. The van der Waals surface area contributed by atoms with Crippen molar-refractivity contribution in [2.24, 2.45) is 0 Å². The van der Waals surface area contributed by atoms with Crippen LogP contribution in [0.2, 0.25) is 0 Å². The molecule has 1 N–H and O–H groups in total. The van der Waals surface area contributed by atoms with Crippen LogP contribution in [0.3, 0.4) is 0 Å². The zero-order chi connectivity index (χ0) is 38.4. The molecule has 0 saturated heterocycles. The summed E-state index contributed by atoms with van der Waals surface area (Å²) in [5, 5.41) is 3.65. The molecule has 0 aliphatic rings. The van der Waals surface area contributed by atoms with Gasteiger partial charge >= 0.3 is 0 Å². The van der Waals surface area contributed by atoms with Gasteiger partial charge in [0.05, 0.1) is 27.2 Å². The van der Waals surface area contributed by atoms with Gasteiger partial charge in [-0.05, 0) is 99.5 Å². The molecule has 6 nitrogen and oxygen atoms in total. The van der Waals surface area contributed by atoms with Crippen LogP contribution < -0.4 is 24.3 Å². The Kier molecular flexibility index (Phi) is 19.2. The van der Waals surface area contributed by atoms with Gasteiger partial charge in [-0.25, -0.2) is 0 Å². The number of nitrogens with zero attached hydrogens (tertiary/aromatic N) is 5. The molecule has 54 heavy (non-hydrogen) atoms. The van der Waals surface area contributed by atoms with E-state index in [1.807, 2.05) is 10.8 Å². The fourth-order valence-electron chi connectivity index (χ4n) is 6.50. The van der Waals surface area contributed by atoms with Crippen molar-refractivity contribution in [2.75, 3.05) is 88.8 Å². The van der Waals surface area contributed by atoms with Gasteiger partial charge < -0.3 is 19.6 Å². The zero-order valence-electron chi connectivity index (χ0n) is 34.0. The standard InChI is InChI=1S/C46H67N6S2/c1-7-50-35-11-9-17-45(50)29-23-41-19-25-43(26-20-41)48(3)33-13-31-47-32-14-39-53-54-40-16-38-52(5,6)37-15-34-49(4)44-27-21-42(22-28-44)24-30-46-18-10-12-36-51(46)8-2/h9-12,17-30,35-36,47H,7-8,13-16,31-34,37-40H2,1-6H3/q+3. The molecule has 0 saturated carbocycles. The molecule has 2 aromatic carbocycles. The van der Waals surface area contributed by atoms with Crippen molar-refractivity contribution < 1.29 is 13.6 Å². The number of aryl methyl sites for hydroxylation is 2. The first kappa shape index (κ1) is 43.2. The molecule has 2 aromatic heterocycles. The maximum atomic E-state index is 3.65. The van der Waals surface area contributed by atoms with E-state index in [9.17, 15) is 0 Å². The molecule has 2 heterocycles. The Labute approximate surface area is 336 Å². The minimum absolute atomic E-state index is 0.974. The molecule has 0 unspecified atom stereocenters. The summed E-state index contributed by atoms with van der Waals surface area (Å²) in [6.07, 6.45) is 17.9. The number of benzene rings is 2. The minimum Gasteiger partial charge on any atom is -0.375 e. The van der Waals surface area contributed by atoms with E-state index in [1.54, 1.807) is 0 Å². The van der Waals surface area contributed by atoms with Crippen molar-refractivity contribution in [1.29, 1.82) is 0 Å². The van der Waals surface area contributed by atoms with E-state index in [0.29, 0.717) is 0 Å². The van der Waals surface area contributed by atoms with Crippen LogP contribution in [-0.2, 0) is 13.1 Å². The Morgan fingerprint density at radius 3 is 1.56 bits per heavy atom. The van der Waals surface area contributed by atoms with Crippen LogP contribution in [0, 0.1) is 0 Å². The second-order valence-electron chi connectivity index (χ2n) is 14.7. The van der Waals surface area contributed by atoms with Crippen LogP contribution >= 0.6 is 21.6 Å². The molecule has 0 aliphatic heterocycles. The van der Waals surface area contributed by atoms with Crippen molar-refractivity contribution in [2.45, 2.75) is 52.6 Å². The lowest BCUT2D eigenvalue weighted by Gasteiger charge is -2.31. The largest absolute Gasteiger partial charge is 0.375 e. The van der Waals surface area contributed by atoms with Gasteiger partial charge in [0, 0.05) is 99.3 Å². The predicted molar refractivity (Wildman–Crippen MR) is 240 cm³/mol. The van der Waals surface area contributed by atoms with E-state index in [4.69, 9.17) is 0 Å². The van der Waals surface area contributed by atoms with Crippen LogP contribution in [0.25, 0.3) is 24.3 Å². The second-order valence-corrected chi connectivity index (χ2v) is 17.4. The lowest BCUT2D eigenvalue weighted by molar-refractivity contribution is -0.890. The Balaban J connectivity index is 0.979. The number of hydrogen-bond acceptors (Lipinski definition) is 5. The van der Waals surface area contributed by atoms with Gasteiger partial charge in [0.15, 0.2) is 12.4 Å². The van der Waals surface area contributed by atoms with Crippen molar-refractivity contribution >= 4 is 57.3 Å². The number of rotatable bonds is 25. The third-order valence-corrected chi connectivity index (χ3v) is 12.5. The summed E-state index contributed by atoms with van der Waals surface area (Å²) in [5.41, 5.74) is 7.47. The molecule has 0 fully saturated rings. The summed E-state index contributed by atoms with van der Waals surface area (Å²) >= 11 is 0. The maximum absolute atomic E-state index is 3.65. The predicted octanol–water partition coefficient (Wildman–Crippen LogP) is 8.82. The third-order valence-electron chi connectivity index (χ3n) is 9.95. The van der Waals surface area contributed by atoms with Crippen molar-refractivity contribution in [1.82, 2.24) is 5.32 Å². The van der Waals surface area contributed by atoms with Gasteiger partial charge in [-0.3, -0.25) is 0 Å². The van der Waals surface area contributed by atoms with E-state index >= 15 is 0 Å². The molecular formula is C46H67N6S2+3. The topological polar surface area (TPSA) is 26.3 Å². The number of aromatic nitrogens is 2. The smallest absolute Gasteiger partial charge is 0.205 e. The average molecular weight is 768 g/mol. The second kappa shape index (κ2) is 24.1. The summed E-state index contributed by atoms with van der Waals surface area (Å²) in [6, 6.07) is 30.5. The SMILES string of the molecule is CC[n+]1ccccc1/C=C/c1ccc(N(C)CCCNCCCSSCCC[N+](C)(C)CCCN(C)c2ccc(/C=C/c3cccc[n+]3CC)cc2)cc1. The number of quaternary nitrogens is 1. The van der Waals surface area contributed by atoms with Gasteiger partial charge in [-0.2, -0.15) is 9.13 Å². The molecular weight excluding hydrogens is 701 g/mol. The minimum atomic E-state index is 0.974. The number of pyridine rings is 2. The van der Waals surface area contributed by atoms with E-state index in [-0.39, 0.29) is 0 Å². The van der Waals surface area contributed by atoms with E-state index < -0.39 is 0 Å².